The zero-order chi connectivity index (χ0) is 12.5. The van der Waals surface area contributed by atoms with Crippen molar-refractivity contribution in [1.29, 1.82) is 0 Å². The average Bonchev–Trinajstić information content (AvgIpc) is 2.41. The first-order valence-electron chi connectivity index (χ1n) is 6.25. The third-order valence-electron chi connectivity index (χ3n) is 3.45. The van der Waals surface area contributed by atoms with Gasteiger partial charge < -0.3 is 15.4 Å². The van der Waals surface area contributed by atoms with Crippen LogP contribution in [0.25, 0.3) is 10.9 Å². The first-order valence-corrected chi connectivity index (χ1v) is 6.25. The second-order valence-corrected chi connectivity index (χ2v) is 4.69. The number of hydrogen-bond donors (Lipinski definition) is 1. The second kappa shape index (κ2) is 4.46. The van der Waals surface area contributed by atoms with Crippen molar-refractivity contribution in [3.63, 3.8) is 0 Å². The molecule has 1 unspecified atom stereocenters. The summed E-state index contributed by atoms with van der Waals surface area (Å²) in [6.07, 6.45) is 1.78. The zero-order valence-electron chi connectivity index (χ0n) is 10.5. The minimum Gasteiger partial charge on any atom is -0.397 e. The van der Waals surface area contributed by atoms with Crippen molar-refractivity contribution >= 4 is 22.3 Å². The van der Waals surface area contributed by atoms with Gasteiger partial charge in [-0.05, 0) is 31.2 Å². The van der Waals surface area contributed by atoms with Gasteiger partial charge in [-0.2, -0.15) is 0 Å². The molecule has 1 aromatic carbocycles. The maximum Gasteiger partial charge on any atom is 0.0951 e. The third-order valence-corrected chi connectivity index (χ3v) is 3.45. The molecule has 94 valence electrons. The van der Waals surface area contributed by atoms with E-state index in [1.54, 1.807) is 6.20 Å². The SMILES string of the molecule is CC1COCCN1c1ccc(N)c2ncccc12. The fourth-order valence-corrected chi connectivity index (χ4v) is 2.51. The Balaban J connectivity index is 2.14. The molecular formula is C14H17N3O. The molecule has 1 atom stereocenters. The molecule has 0 saturated carbocycles. The fourth-order valence-electron chi connectivity index (χ4n) is 2.51. The fraction of sp³-hybridized carbons (Fsp3) is 0.357. The predicted octanol–water partition coefficient (Wildman–Crippen LogP) is 2.04. The molecule has 4 nitrogen and oxygen atoms in total. The van der Waals surface area contributed by atoms with Crippen LogP contribution in [0.5, 0.6) is 0 Å². The van der Waals surface area contributed by atoms with Gasteiger partial charge in [0.05, 0.1) is 24.4 Å². The summed E-state index contributed by atoms with van der Waals surface area (Å²) in [7, 11) is 0. The van der Waals surface area contributed by atoms with Gasteiger partial charge in [-0.3, -0.25) is 4.98 Å². The van der Waals surface area contributed by atoms with Crippen LogP contribution in [0.15, 0.2) is 30.5 Å². The van der Waals surface area contributed by atoms with E-state index in [1.165, 1.54) is 5.69 Å². The van der Waals surface area contributed by atoms with Gasteiger partial charge in [-0.1, -0.05) is 0 Å². The van der Waals surface area contributed by atoms with Crippen molar-refractivity contribution < 1.29 is 4.74 Å². The number of rotatable bonds is 1. The Morgan fingerprint density at radius 3 is 3.11 bits per heavy atom. The smallest absolute Gasteiger partial charge is 0.0951 e. The lowest BCUT2D eigenvalue weighted by Gasteiger charge is -2.36. The van der Waals surface area contributed by atoms with E-state index >= 15 is 0 Å². The van der Waals surface area contributed by atoms with Crippen LogP contribution >= 0.6 is 0 Å². The van der Waals surface area contributed by atoms with Crippen LogP contribution in [0.1, 0.15) is 6.92 Å². The predicted molar refractivity (Wildman–Crippen MR) is 73.8 cm³/mol. The molecule has 18 heavy (non-hydrogen) atoms. The number of fused-ring (bicyclic) bond motifs is 1. The molecule has 0 spiro atoms. The summed E-state index contributed by atoms with van der Waals surface area (Å²) >= 11 is 0. The second-order valence-electron chi connectivity index (χ2n) is 4.69. The Labute approximate surface area is 106 Å². The summed E-state index contributed by atoms with van der Waals surface area (Å²) in [6, 6.07) is 8.44. The van der Waals surface area contributed by atoms with Gasteiger partial charge in [0.25, 0.3) is 0 Å². The average molecular weight is 243 g/mol. The first-order chi connectivity index (χ1) is 8.77. The van der Waals surface area contributed by atoms with Crippen LogP contribution in [0, 0.1) is 0 Å². The van der Waals surface area contributed by atoms with E-state index in [0.29, 0.717) is 6.04 Å². The number of aromatic nitrogens is 1. The summed E-state index contributed by atoms with van der Waals surface area (Å²) in [5.41, 5.74) is 8.80. The van der Waals surface area contributed by atoms with Crippen LogP contribution in [0.4, 0.5) is 11.4 Å². The van der Waals surface area contributed by atoms with E-state index in [0.717, 1.165) is 36.3 Å². The van der Waals surface area contributed by atoms with Crippen molar-refractivity contribution in [2.45, 2.75) is 13.0 Å². The number of anilines is 2. The number of ether oxygens (including phenoxy) is 1. The topological polar surface area (TPSA) is 51.4 Å². The van der Waals surface area contributed by atoms with E-state index in [4.69, 9.17) is 10.5 Å². The van der Waals surface area contributed by atoms with Gasteiger partial charge >= 0.3 is 0 Å². The van der Waals surface area contributed by atoms with Gasteiger partial charge in [0.2, 0.25) is 0 Å². The van der Waals surface area contributed by atoms with Crippen LogP contribution in [0.2, 0.25) is 0 Å². The molecule has 0 aliphatic carbocycles. The molecule has 0 bridgehead atoms. The van der Waals surface area contributed by atoms with Gasteiger partial charge in [-0.15, -0.1) is 0 Å². The number of nitrogens with zero attached hydrogens (tertiary/aromatic N) is 2. The van der Waals surface area contributed by atoms with Gasteiger partial charge in [0.1, 0.15) is 0 Å². The standard InChI is InChI=1S/C14H17N3O/c1-10-9-18-8-7-17(10)13-5-4-12(15)14-11(13)3-2-6-16-14/h2-6,10H,7-9,15H2,1H3. The molecule has 1 fully saturated rings. The van der Waals surface area contributed by atoms with Crippen molar-refractivity contribution in [1.82, 2.24) is 4.98 Å². The number of hydrogen-bond acceptors (Lipinski definition) is 4. The molecule has 3 rings (SSSR count). The molecule has 0 amide bonds. The maximum absolute atomic E-state index is 5.98. The molecule has 0 radical (unpaired) electrons. The Morgan fingerprint density at radius 1 is 1.39 bits per heavy atom. The van der Waals surface area contributed by atoms with Gasteiger partial charge in [0, 0.05) is 29.9 Å². The molecule has 4 heteroatoms. The van der Waals surface area contributed by atoms with E-state index in [2.05, 4.69) is 28.9 Å². The Morgan fingerprint density at radius 2 is 2.28 bits per heavy atom. The molecule has 1 saturated heterocycles. The monoisotopic (exact) mass is 243 g/mol. The lowest BCUT2D eigenvalue weighted by molar-refractivity contribution is 0.0991. The van der Waals surface area contributed by atoms with Gasteiger partial charge in [-0.25, -0.2) is 0 Å². The van der Waals surface area contributed by atoms with Gasteiger partial charge in [0.15, 0.2) is 0 Å². The highest BCUT2D eigenvalue weighted by Crippen LogP contribution is 2.31. The minimum atomic E-state index is 0.380. The quantitative estimate of drug-likeness (QED) is 0.779. The molecule has 2 heterocycles. The Kier molecular flexibility index (Phi) is 2.80. The summed E-state index contributed by atoms with van der Waals surface area (Å²) in [5.74, 6) is 0. The number of morpholine rings is 1. The molecule has 2 aromatic rings. The minimum absolute atomic E-state index is 0.380. The number of nitrogen functional groups attached to an aromatic ring is 1. The normalized spacial score (nSPS) is 20.3. The Hall–Kier alpha value is -1.81. The maximum atomic E-state index is 5.98. The zero-order valence-corrected chi connectivity index (χ0v) is 10.5. The molecule has 1 aliphatic heterocycles. The molecule has 1 aromatic heterocycles. The lowest BCUT2D eigenvalue weighted by Crippen LogP contribution is -2.43. The largest absolute Gasteiger partial charge is 0.397 e. The van der Waals surface area contributed by atoms with Crippen molar-refractivity contribution in [2.24, 2.45) is 0 Å². The number of pyridine rings is 1. The van der Waals surface area contributed by atoms with Crippen LogP contribution < -0.4 is 10.6 Å². The summed E-state index contributed by atoms with van der Waals surface area (Å²) < 4.78 is 5.49. The van der Waals surface area contributed by atoms with E-state index in [1.807, 2.05) is 12.1 Å². The molecule has 1 aliphatic rings. The Bertz CT molecular complexity index is 570. The third kappa shape index (κ3) is 1.78. The highest BCUT2D eigenvalue weighted by molar-refractivity contribution is 5.98. The van der Waals surface area contributed by atoms with Crippen LogP contribution in [-0.4, -0.2) is 30.8 Å². The number of benzene rings is 1. The summed E-state index contributed by atoms with van der Waals surface area (Å²) in [5, 5.41) is 1.12. The molecular weight excluding hydrogens is 226 g/mol. The summed E-state index contributed by atoms with van der Waals surface area (Å²) in [4.78, 5) is 6.75. The highest BCUT2D eigenvalue weighted by Gasteiger charge is 2.21. The van der Waals surface area contributed by atoms with E-state index in [9.17, 15) is 0 Å². The number of nitrogens with two attached hydrogens (primary N) is 1. The van der Waals surface area contributed by atoms with Crippen molar-refractivity contribution in [3.8, 4) is 0 Å². The summed E-state index contributed by atoms with van der Waals surface area (Å²) in [6.45, 7) is 4.63. The van der Waals surface area contributed by atoms with E-state index < -0.39 is 0 Å². The van der Waals surface area contributed by atoms with Crippen molar-refractivity contribution in [3.05, 3.63) is 30.5 Å². The first kappa shape index (κ1) is 11.3. The molecule has 2 N–H and O–H groups in total. The van der Waals surface area contributed by atoms with Crippen LogP contribution in [-0.2, 0) is 4.74 Å². The van der Waals surface area contributed by atoms with Crippen LogP contribution in [0.3, 0.4) is 0 Å². The van der Waals surface area contributed by atoms with Crippen molar-refractivity contribution in [2.75, 3.05) is 30.4 Å². The van der Waals surface area contributed by atoms with E-state index in [-0.39, 0.29) is 0 Å². The lowest BCUT2D eigenvalue weighted by atomic mass is 10.1. The highest BCUT2D eigenvalue weighted by atomic mass is 16.5.